The minimum atomic E-state index is -0.323. The summed E-state index contributed by atoms with van der Waals surface area (Å²) < 4.78 is 1.99. The highest BCUT2D eigenvalue weighted by Gasteiger charge is 2.16. The Hall–Kier alpha value is -2.12. The molecular weight excluding hydrogens is 352 g/mol. The molecule has 2 N–H and O–H groups in total. The molecule has 0 saturated carbocycles. The van der Waals surface area contributed by atoms with Crippen LogP contribution in [0.15, 0.2) is 40.9 Å². The third kappa shape index (κ3) is 4.49. The lowest BCUT2D eigenvalue weighted by Gasteiger charge is -2.09. The van der Waals surface area contributed by atoms with Gasteiger partial charge in [-0.3, -0.25) is 4.79 Å². The fourth-order valence-electron chi connectivity index (χ4n) is 2.71. The summed E-state index contributed by atoms with van der Waals surface area (Å²) in [5.41, 5.74) is 9.09. The highest BCUT2D eigenvalue weighted by molar-refractivity contribution is 7.98. The van der Waals surface area contributed by atoms with Crippen LogP contribution in [0.25, 0.3) is 10.7 Å². The molecule has 3 rings (SSSR count). The van der Waals surface area contributed by atoms with Crippen LogP contribution in [0.3, 0.4) is 0 Å². The van der Waals surface area contributed by atoms with Crippen molar-refractivity contribution in [2.75, 3.05) is 0 Å². The van der Waals surface area contributed by atoms with Gasteiger partial charge in [0.25, 0.3) is 0 Å². The SMILES string of the molecule is Cc1cc(C)cc(CSc2nnc(-c3cccs3)n2CCC(N)=O)c1. The minimum Gasteiger partial charge on any atom is -0.370 e. The average Bonchev–Trinajstić information content (AvgIpc) is 3.19. The van der Waals surface area contributed by atoms with Gasteiger partial charge in [-0.1, -0.05) is 47.2 Å². The van der Waals surface area contributed by atoms with Gasteiger partial charge in [-0.2, -0.15) is 0 Å². The topological polar surface area (TPSA) is 73.8 Å². The molecule has 0 saturated heterocycles. The molecule has 0 atom stereocenters. The van der Waals surface area contributed by atoms with E-state index in [1.807, 2.05) is 22.1 Å². The summed E-state index contributed by atoms with van der Waals surface area (Å²) in [6, 6.07) is 10.5. The number of aryl methyl sites for hydroxylation is 2. The molecule has 0 spiro atoms. The van der Waals surface area contributed by atoms with Gasteiger partial charge >= 0.3 is 0 Å². The number of thiophene rings is 1. The molecule has 1 aromatic carbocycles. The maximum absolute atomic E-state index is 11.2. The Labute approximate surface area is 155 Å². The molecule has 25 heavy (non-hydrogen) atoms. The van der Waals surface area contributed by atoms with Crippen LogP contribution in [-0.2, 0) is 17.1 Å². The summed E-state index contributed by atoms with van der Waals surface area (Å²) in [7, 11) is 0. The molecule has 0 aliphatic rings. The molecular formula is C18H20N4OS2. The van der Waals surface area contributed by atoms with E-state index in [1.165, 1.54) is 16.7 Å². The number of benzene rings is 1. The van der Waals surface area contributed by atoms with Gasteiger partial charge in [0.1, 0.15) is 0 Å². The van der Waals surface area contributed by atoms with E-state index in [4.69, 9.17) is 5.73 Å². The van der Waals surface area contributed by atoms with Gasteiger partial charge in [-0.15, -0.1) is 21.5 Å². The van der Waals surface area contributed by atoms with Crippen LogP contribution in [0.4, 0.5) is 0 Å². The van der Waals surface area contributed by atoms with Crippen LogP contribution < -0.4 is 5.73 Å². The number of hydrogen-bond acceptors (Lipinski definition) is 5. The quantitative estimate of drug-likeness (QED) is 0.640. The van der Waals surface area contributed by atoms with Crippen molar-refractivity contribution in [2.24, 2.45) is 5.73 Å². The Morgan fingerprint density at radius 3 is 2.64 bits per heavy atom. The molecule has 0 aliphatic heterocycles. The smallest absolute Gasteiger partial charge is 0.219 e. The molecule has 3 aromatic rings. The number of hydrogen-bond donors (Lipinski definition) is 1. The zero-order chi connectivity index (χ0) is 17.8. The highest BCUT2D eigenvalue weighted by atomic mass is 32.2. The van der Waals surface area contributed by atoms with Crippen molar-refractivity contribution in [1.29, 1.82) is 0 Å². The van der Waals surface area contributed by atoms with Gasteiger partial charge in [0.15, 0.2) is 11.0 Å². The van der Waals surface area contributed by atoms with Crippen LogP contribution in [0.5, 0.6) is 0 Å². The number of carbonyl (C=O) groups excluding carboxylic acids is 1. The maximum atomic E-state index is 11.2. The summed E-state index contributed by atoms with van der Waals surface area (Å²) in [6.45, 7) is 4.70. The van der Waals surface area contributed by atoms with E-state index in [1.54, 1.807) is 23.1 Å². The van der Waals surface area contributed by atoms with Gasteiger partial charge in [-0.25, -0.2) is 0 Å². The van der Waals surface area contributed by atoms with Crippen LogP contribution >= 0.6 is 23.1 Å². The van der Waals surface area contributed by atoms with E-state index in [9.17, 15) is 4.79 Å². The van der Waals surface area contributed by atoms with Crippen molar-refractivity contribution < 1.29 is 4.79 Å². The zero-order valence-corrected chi connectivity index (χ0v) is 15.9. The highest BCUT2D eigenvalue weighted by Crippen LogP contribution is 2.29. The lowest BCUT2D eigenvalue weighted by molar-refractivity contribution is -0.118. The second-order valence-electron chi connectivity index (χ2n) is 5.94. The minimum absolute atomic E-state index is 0.271. The van der Waals surface area contributed by atoms with E-state index in [0.717, 1.165) is 21.6 Å². The third-order valence-electron chi connectivity index (χ3n) is 3.69. The number of aromatic nitrogens is 3. The number of nitrogens with zero attached hydrogens (tertiary/aromatic N) is 3. The van der Waals surface area contributed by atoms with Crippen LogP contribution in [0.1, 0.15) is 23.1 Å². The Morgan fingerprint density at radius 1 is 1.24 bits per heavy atom. The molecule has 0 radical (unpaired) electrons. The first-order chi connectivity index (χ1) is 12.0. The zero-order valence-electron chi connectivity index (χ0n) is 14.2. The summed E-state index contributed by atoms with van der Waals surface area (Å²) in [5.74, 6) is 1.28. The van der Waals surface area contributed by atoms with E-state index in [2.05, 4.69) is 42.2 Å². The molecule has 2 heterocycles. The van der Waals surface area contributed by atoms with Gasteiger partial charge < -0.3 is 10.3 Å². The predicted octanol–water partition coefficient (Wildman–Crippen LogP) is 3.79. The largest absolute Gasteiger partial charge is 0.370 e. The van der Waals surface area contributed by atoms with Crippen molar-refractivity contribution in [3.8, 4) is 10.7 Å². The molecule has 7 heteroatoms. The van der Waals surface area contributed by atoms with Crippen LogP contribution in [0.2, 0.25) is 0 Å². The second kappa shape index (κ2) is 7.84. The molecule has 0 unspecified atom stereocenters. The van der Waals surface area contributed by atoms with Gasteiger partial charge in [-0.05, 0) is 30.9 Å². The van der Waals surface area contributed by atoms with E-state index >= 15 is 0 Å². The summed E-state index contributed by atoms with van der Waals surface area (Å²) >= 11 is 3.24. The van der Waals surface area contributed by atoms with Gasteiger partial charge in [0.2, 0.25) is 5.91 Å². The van der Waals surface area contributed by atoms with Crippen molar-refractivity contribution in [1.82, 2.24) is 14.8 Å². The Morgan fingerprint density at radius 2 is 2.00 bits per heavy atom. The predicted molar refractivity (Wildman–Crippen MR) is 103 cm³/mol. The number of carbonyl (C=O) groups is 1. The number of primary amides is 1. The van der Waals surface area contributed by atoms with Gasteiger partial charge in [0.05, 0.1) is 4.88 Å². The molecule has 1 amide bonds. The van der Waals surface area contributed by atoms with E-state index < -0.39 is 0 Å². The monoisotopic (exact) mass is 372 g/mol. The normalized spacial score (nSPS) is 11.0. The summed E-state index contributed by atoms with van der Waals surface area (Å²) in [6.07, 6.45) is 0.271. The van der Waals surface area contributed by atoms with E-state index in [-0.39, 0.29) is 12.3 Å². The third-order valence-corrected chi connectivity index (χ3v) is 5.59. The van der Waals surface area contributed by atoms with Crippen LogP contribution in [-0.4, -0.2) is 20.7 Å². The first-order valence-corrected chi connectivity index (χ1v) is 9.85. The van der Waals surface area contributed by atoms with E-state index in [0.29, 0.717) is 6.54 Å². The Kier molecular flexibility index (Phi) is 5.55. The second-order valence-corrected chi connectivity index (χ2v) is 7.83. The van der Waals surface area contributed by atoms with Crippen molar-refractivity contribution in [3.63, 3.8) is 0 Å². The van der Waals surface area contributed by atoms with Gasteiger partial charge in [0, 0.05) is 18.7 Å². The number of amides is 1. The Bertz CT molecular complexity index is 851. The molecule has 0 bridgehead atoms. The number of thioether (sulfide) groups is 1. The lowest BCUT2D eigenvalue weighted by atomic mass is 10.1. The lowest BCUT2D eigenvalue weighted by Crippen LogP contribution is -2.14. The maximum Gasteiger partial charge on any atom is 0.219 e. The Balaban J connectivity index is 1.83. The number of rotatable bonds is 7. The van der Waals surface area contributed by atoms with Crippen molar-refractivity contribution in [3.05, 3.63) is 52.4 Å². The molecule has 2 aromatic heterocycles. The fraction of sp³-hybridized carbons (Fsp3) is 0.278. The number of nitrogens with two attached hydrogens (primary N) is 1. The van der Waals surface area contributed by atoms with Crippen LogP contribution in [0, 0.1) is 13.8 Å². The summed E-state index contributed by atoms with van der Waals surface area (Å²) in [5, 5.41) is 11.5. The molecule has 5 nitrogen and oxygen atoms in total. The fourth-order valence-corrected chi connectivity index (χ4v) is 4.32. The molecule has 0 aliphatic carbocycles. The average molecular weight is 373 g/mol. The standard InChI is InChI=1S/C18H20N4OS2/c1-12-8-13(2)10-14(9-12)11-25-18-21-20-17(15-4-3-7-24-15)22(18)6-5-16(19)23/h3-4,7-10H,5-6,11H2,1-2H3,(H2,19,23). The molecule has 130 valence electrons. The molecule has 0 fully saturated rings. The van der Waals surface area contributed by atoms with Crippen molar-refractivity contribution >= 4 is 29.0 Å². The first kappa shape index (κ1) is 17.7. The summed E-state index contributed by atoms with van der Waals surface area (Å²) in [4.78, 5) is 12.3. The first-order valence-electron chi connectivity index (χ1n) is 7.98. The van der Waals surface area contributed by atoms with Crippen molar-refractivity contribution in [2.45, 2.75) is 37.7 Å².